The third-order valence-electron chi connectivity index (χ3n) is 5.87. The van der Waals surface area contributed by atoms with Gasteiger partial charge in [0.05, 0.1) is 24.5 Å². The number of halogens is 4. The minimum absolute atomic E-state index is 0.0236. The first-order chi connectivity index (χ1) is 18.6. The molecule has 3 N–H and O–H groups in total. The van der Waals surface area contributed by atoms with Crippen LogP contribution in [0.5, 0.6) is 11.5 Å². The zero-order chi connectivity index (χ0) is 27.7. The van der Waals surface area contributed by atoms with E-state index in [2.05, 4.69) is 30.9 Å². The monoisotopic (exact) mass is 561 g/mol. The first-order valence-electron chi connectivity index (χ1n) is 11.8. The molecule has 4 heterocycles. The molecule has 0 atom stereocenters. The quantitative estimate of drug-likeness (QED) is 0.275. The van der Waals surface area contributed by atoms with Crippen LogP contribution in [0.15, 0.2) is 42.7 Å². The molecule has 1 aliphatic rings. The molecule has 0 radical (unpaired) electrons. The minimum atomic E-state index is -4.54. The number of carbonyl (C=O) groups excluding carboxylic acids is 1. The fraction of sp³-hybridized carbons (Fsp3) is 0.280. The summed E-state index contributed by atoms with van der Waals surface area (Å²) in [5, 5.41) is 8.76. The lowest BCUT2D eigenvalue weighted by Gasteiger charge is -2.27. The normalized spacial score (nSPS) is 13.8. The number of nitrogens with zero attached hydrogens (tertiary/aromatic N) is 4. The van der Waals surface area contributed by atoms with Crippen LogP contribution in [0.3, 0.4) is 0 Å². The number of pyridine rings is 2. The second-order valence-electron chi connectivity index (χ2n) is 8.90. The van der Waals surface area contributed by atoms with Crippen molar-refractivity contribution in [3.63, 3.8) is 0 Å². The maximum Gasteiger partial charge on any atom is 0.416 e. The summed E-state index contributed by atoms with van der Waals surface area (Å²) in [5.74, 6) is 0.804. The van der Waals surface area contributed by atoms with Crippen LogP contribution in [0.2, 0.25) is 5.02 Å². The van der Waals surface area contributed by atoms with Crippen LogP contribution in [-0.4, -0.2) is 44.6 Å². The lowest BCUT2D eigenvalue weighted by Crippen LogP contribution is -2.48. The number of alkyl halides is 3. The molecule has 0 bridgehead atoms. The van der Waals surface area contributed by atoms with E-state index in [1.165, 1.54) is 25.4 Å². The Morgan fingerprint density at radius 1 is 1.23 bits per heavy atom. The Balaban J connectivity index is 1.42. The summed E-state index contributed by atoms with van der Waals surface area (Å²) in [6.45, 7) is 2.74. The summed E-state index contributed by atoms with van der Waals surface area (Å²) in [7, 11) is 1.65. The van der Waals surface area contributed by atoms with Crippen molar-refractivity contribution >= 4 is 46.1 Å². The number of imidazole rings is 1. The molecule has 3 aromatic heterocycles. The zero-order valence-corrected chi connectivity index (χ0v) is 21.5. The average Bonchev–Trinajstić information content (AvgIpc) is 3.14. The smallest absolute Gasteiger partial charge is 0.416 e. The van der Waals surface area contributed by atoms with Gasteiger partial charge in [0.1, 0.15) is 22.1 Å². The number of fused-ring (bicyclic) bond motifs is 1. The minimum Gasteiger partial charge on any atom is -0.454 e. The van der Waals surface area contributed by atoms with Gasteiger partial charge in [0.25, 0.3) is 0 Å². The fourth-order valence-electron chi connectivity index (χ4n) is 3.88. The number of hydrogen-bond donors (Lipinski definition) is 3. The third kappa shape index (κ3) is 6.05. The van der Waals surface area contributed by atoms with E-state index in [4.69, 9.17) is 21.1 Å². The van der Waals surface area contributed by atoms with Crippen LogP contribution in [0.1, 0.15) is 18.1 Å². The van der Waals surface area contributed by atoms with Gasteiger partial charge in [0.15, 0.2) is 11.4 Å². The zero-order valence-electron chi connectivity index (χ0n) is 20.8. The third-order valence-corrected chi connectivity index (χ3v) is 6.24. The predicted molar refractivity (Wildman–Crippen MR) is 138 cm³/mol. The Morgan fingerprint density at radius 2 is 2.03 bits per heavy atom. The number of benzene rings is 1. The number of nitrogens with one attached hydrogen (secondary N) is 3. The topological polar surface area (TPSA) is 115 Å². The van der Waals surface area contributed by atoms with Gasteiger partial charge < -0.3 is 30.0 Å². The van der Waals surface area contributed by atoms with E-state index in [0.29, 0.717) is 35.7 Å². The van der Waals surface area contributed by atoms with Crippen LogP contribution in [0, 0.1) is 0 Å². The summed E-state index contributed by atoms with van der Waals surface area (Å²) in [6.07, 6.45) is -1.72. The van der Waals surface area contributed by atoms with Crippen LogP contribution in [0.25, 0.3) is 11.2 Å². The van der Waals surface area contributed by atoms with Crippen LogP contribution in [-0.2, 0) is 29.4 Å². The molecule has 1 saturated heterocycles. The fourth-order valence-corrected chi connectivity index (χ4v) is 4.18. The van der Waals surface area contributed by atoms with E-state index in [1.807, 2.05) is 0 Å². The lowest BCUT2D eigenvalue weighted by molar-refractivity contribution is -0.137. The van der Waals surface area contributed by atoms with Crippen molar-refractivity contribution in [3.8, 4) is 11.5 Å². The lowest BCUT2D eigenvalue weighted by atomic mass is 10.1. The molecule has 39 heavy (non-hydrogen) atoms. The molecule has 0 aliphatic carbocycles. The predicted octanol–water partition coefficient (Wildman–Crippen LogP) is 5.02. The molecule has 204 valence electrons. The molecular weight excluding hydrogens is 539 g/mol. The number of carbonyl (C=O) groups is 1. The highest BCUT2D eigenvalue weighted by Gasteiger charge is 2.31. The van der Waals surface area contributed by atoms with Crippen LogP contribution >= 0.6 is 11.6 Å². The molecular formula is C25H23ClF3N7O3. The van der Waals surface area contributed by atoms with Crippen molar-refractivity contribution in [2.75, 3.05) is 23.7 Å². The van der Waals surface area contributed by atoms with Gasteiger partial charge in [0, 0.05) is 45.0 Å². The summed E-state index contributed by atoms with van der Waals surface area (Å²) < 4.78 is 53.9. The first kappa shape index (κ1) is 26.7. The molecule has 0 unspecified atom stereocenters. The van der Waals surface area contributed by atoms with Gasteiger partial charge in [-0.05, 0) is 29.8 Å². The molecule has 10 nitrogen and oxygen atoms in total. The maximum atomic E-state index is 13.6. The highest BCUT2D eigenvalue weighted by molar-refractivity contribution is 6.36. The van der Waals surface area contributed by atoms with Gasteiger partial charge in [-0.1, -0.05) is 11.6 Å². The Labute approximate surface area is 225 Å². The van der Waals surface area contributed by atoms with E-state index >= 15 is 0 Å². The molecule has 0 saturated carbocycles. The van der Waals surface area contributed by atoms with Crippen LogP contribution < -0.4 is 20.7 Å². The van der Waals surface area contributed by atoms with Gasteiger partial charge in [-0.15, -0.1) is 0 Å². The second kappa shape index (κ2) is 10.7. The van der Waals surface area contributed by atoms with E-state index in [-0.39, 0.29) is 46.7 Å². The Kier molecular flexibility index (Phi) is 7.30. The number of anilines is 3. The molecule has 0 spiro atoms. The second-order valence-corrected chi connectivity index (χ2v) is 9.27. The highest BCUT2D eigenvalue weighted by Crippen LogP contribution is 2.37. The standard InChI is InChI=1S/C25H23ClF3N7O3/c1-13(37)33-20-8-17(3-4-31-20)39-19-11-32-23-22(21(19)26)36(2)24(35-23)34-16-6-14(12-38-18-9-30-10-18)5-15(7-16)25(27,28)29/h3-8,11,18,30H,9-10,12H2,1-2H3,(H,31,33,37)(H,32,34,35). The highest BCUT2D eigenvalue weighted by atomic mass is 35.5. The Hall–Kier alpha value is -3.94. The molecule has 14 heteroatoms. The number of aromatic nitrogens is 4. The summed E-state index contributed by atoms with van der Waals surface area (Å²) in [4.78, 5) is 24.1. The van der Waals surface area contributed by atoms with Crippen molar-refractivity contribution in [2.45, 2.75) is 25.8 Å². The number of ether oxygens (including phenoxy) is 2. The van der Waals surface area contributed by atoms with Crippen molar-refractivity contribution in [2.24, 2.45) is 7.05 Å². The Bertz CT molecular complexity index is 1540. The summed E-state index contributed by atoms with van der Waals surface area (Å²) >= 11 is 6.63. The molecule has 1 fully saturated rings. The summed E-state index contributed by atoms with van der Waals surface area (Å²) in [5.41, 5.74) is 0.420. The molecule has 4 aromatic rings. The van der Waals surface area contributed by atoms with Gasteiger partial charge in [-0.2, -0.15) is 18.2 Å². The van der Waals surface area contributed by atoms with E-state index in [1.54, 1.807) is 23.7 Å². The van der Waals surface area contributed by atoms with E-state index < -0.39 is 11.7 Å². The van der Waals surface area contributed by atoms with Crippen LogP contribution in [0.4, 0.5) is 30.6 Å². The van der Waals surface area contributed by atoms with Crippen molar-refractivity contribution < 1.29 is 27.4 Å². The molecule has 1 aliphatic heterocycles. The van der Waals surface area contributed by atoms with Crippen molar-refractivity contribution in [1.29, 1.82) is 0 Å². The van der Waals surface area contributed by atoms with E-state index in [9.17, 15) is 18.0 Å². The molecule has 5 rings (SSSR count). The maximum absolute atomic E-state index is 13.6. The SMILES string of the molecule is CC(=O)Nc1cc(Oc2cnc3nc(Nc4cc(COC5CNC5)cc(C(F)(F)F)c4)n(C)c3c2Cl)ccn1. The van der Waals surface area contributed by atoms with E-state index in [0.717, 1.165) is 12.1 Å². The van der Waals surface area contributed by atoms with Gasteiger partial charge in [-0.25, -0.2) is 9.97 Å². The number of hydrogen-bond acceptors (Lipinski definition) is 8. The molecule has 1 amide bonds. The molecule has 1 aromatic carbocycles. The van der Waals surface area contributed by atoms with Crippen molar-refractivity contribution in [1.82, 2.24) is 24.8 Å². The first-order valence-corrected chi connectivity index (χ1v) is 12.2. The van der Waals surface area contributed by atoms with Crippen molar-refractivity contribution in [3.05, 3.63) is 58.9 Å². The Morgan fingerprint density at radius 3 is 2.72 bits per heavy atom. The van der Waals surface area contributed by atoms with Gasteiger partial charge >= 0.3 is 6.18 Å². The average molecular weight is 562 g/mol. The number of amides is 1. The van der Waals surface area contributed by atoms with Gasteiger partial charge in [-0.3, -0.25) is 4.79 Å². The number of aryl methyl sites for hydroxylation is 1. The number of rotatable bonds is 8. The summed E-state index contributed by atoms with van der Waals surface area (Å²) in [6, 6.07) is 6.77. The largest absolute Gasteiger partial charge is 0.454 e. The van der Waals surface area contributed by atoms with Gasteiger partial charge in [0.2, 0.25) is 11.9 Å².